The summed E-state index contributed by atoms with van der Waals surface area (Å²) in [6.45, 7) is -0.541. The van der Waals surface area contributed by atoms with E-state index in [9.17, 15) is 22.8 Å². The number of carbonyl (C=O) groups excluding carboxylic acids is 1. The van der Waals surface area contributed by atoms with Gasteiger partial charge in [0.25, 0.3) is 5.56 Å². The van der Waals surface area contributed by atoms with Crippen molar-refractivity contribution in [3.63, 3.8) is 0 Å². The van der Waals surface area contributed by atoms with Crippen LogP contribution in [0.2, 0.25) is 0 Å². The van der Waals surface area contributed by atoms with Gasteiger partial charge in [-0.3, -0.25) is 9.59 Å². The Morgan fingerprint density at radius 3 is 2.57 bits per heavy atom. The Kier molecular flexibility index (Phi) is 4.73. The van der Waals surface area contributed by atoms with E-state index in [0.29, 0.717) is 28.3 Å². The van der Waals surface area contributed by atoms with E-state index in [2.05, 4.69) is 5.32 Å². The van der Waals surface area contributed by atoms with Crippen LogP contribution in [0.1, 0.15) is 5.56 Å². The van der Waals surface area contributed by atoms with Crippen molar-refractivity contribution in [2.24, 2.45) is 0 Å². The van der Waals surface area contributed by atoms with Gasteiger partial charge in [-0.15, -0.1) is 0 Å². The Morgan fingerprint density at radius 2 is 1.91 bits per heavy atom. The summed E-state index contributed by atoms with van der Waals surface area (Å²) in [5.74, 6) is -0.242. The summed E-state index contributed by atoms with van der Waals surface area (Å²) in [6.07, 6.45) is -3.97. The van der Waals surface area contributed by atoms with E-state index in [1.807, 2.05) is 0 Å². The summed E-state index contributed by atoms with van der Waals surface area (Å²) in [6, 6.07) is 8.01. The van der Waals surface area contributed by atoms with Crippen molar-refractivity contribution in [2.75, 3.05) is 12.4 Å². The van der Waals surface area contributed by atoms with E-state index >= 15 is 0 Å². The lowest BCUT2D eigenvalue weighted by molar-refractivity contribution is -0.138. The van der Waals surface area contributed by atoms with Crippen LogP contribution in [0.15, 0.2) is 47.4 Å². The molecule has 0 saturated heterocycles. The Balaban J connectivity index is 2.19. The topological polar surface area (TPSA) is 60.3 Å². The first-order valence-corrected chi connectivity index (χ1v) is 6.52. The van der Waals surface area contributed by atoms with Crippen LogP contribution >= 0.6 is 0 Å². The fourth-order valence-corrected chi connectivity index (χ4v) is 1.91. The first-order chi connectivity index (χ1) is 10.8. The number of para-hydroxylation sites is 2. The standard InChI is InChI=1S/C15H13F3N2O3/c1-23-12-5-3-2-4-11(12)19-13(21)9-20-8-10(15(16,17)18)6-7-14(20)22/h2-8H,9H2,1H3,(H,19,21). The molecular weight excluding hydrogens is 313 g/mol. The van der Waals surface area contributed by atoms with Crippen LogP contribution in [0, 0.1) is 0 Å². The lowest BCUT2D eigenvalue weighted by Gasteiger charge is -2.12. The zero-order valence-corrected chi connectivity index (χ0v) is 12.1. The molecule has 0 atom stereocenters. The van der Waals surface area contributed by atoms with E-state index in [1.54, 1.807) is 24.3 Å². The van der Waals surface area contributed by atoms with Crippen molar-refractivity contribution >= 4 is 11.6 Å². The number of benzene rings is 1. The average Bonchev–Trinajstić information content (AvgIpc) is 2.49. The van der Waals surface area contributed by atoms with Crippen molar-refractivity contribution in [1.82, 2.24) is 4.57 Å². The number of alkyl halides is 3. The number of methoxy groups -OCH3 is 1. The van der Waals surface area contributed by atoms with Crippen molar-refractivity contribution < 1.29 is 22.7 Å². The zero-order chi connectivity index (χ0) is 17.0. The third-order valence-electron chi connectivity index (χ3n) is 3.01. The Hall–Kier alpha value is -2.77. The number of anilines is 1. The number of halogens is 3. The number of pyridine rings is 1. The van der Waals surface area contributed by atoms with Crippen LogP contribution in [0.3, 0.4) is 0 Å². The summed E-state index contributed by atoms with van der Waals surface area (Å²) in [5, 5.41) is 2.49. The SMILES string of the molecule is COc1ccccc1NC(=O)Cn1cc(C(F)(F)F)ccc1=O. The summed E-state index contributed by atoms with van der Waals surface area (Å²) in [5.41, 5.74) is -1.34. The van der Waals surface area contributed by atoms with Crippen LogP contribution in [0.25, 0.3) is 0 Å². The largest absolute Gasteiger partial charge is 0.495 e. The number of rotatable bonds is 4. The van der Waals surface area contributed by atoms with Crippen molar-refractivity contribution in [2.45, 2.75) is 12.7 Å². The summed E-state index contributed by atoms with van der Waals surface area (Å²) >= 11 is 0. The average molecular weight is 326 g/mol. The van der Waals surface area contributed by atoms with Gasteiger partial charge in [0.15, 0.2) is 0 Å². The third-order valence-corrected chi connectivity index (χ3v) is 3.01. The predicted octanol–water partition coefficient (Wildman–Crippen LogP) is 2.51. The lowest BCUT2D eigenvalue weighted by atomic mass is 10.2. The van der Waals surface area contributed by atoms with E-state index < -0.39 is 29.8 Å². The quantitative estimate of drug-likeness (QED) is 0.939. The highest BCUT2D eigenvalue weighted by atomic mass is 19.4. The Morgan fingerprint density at radius 1 is 1.22 bits per heavy atom. The second-order valence-electron chi connectivity index (χ2n) is 4.63. The summed E-state index contributed by atoms with van der Waals surface area (Å²) < 4.78 is 43.7. The second kappa shape index (κ2) is 6.55. The molecule has 1 N–H and O–H groups in total. The molecular formula is C15H13F3N2O3. The number of hydrogen-bond donors (Lipinski definition) is 1. The van der Waals surface area contributed by atoms with Gasteiger partial charge in [-0.1, -0.05) is 12.1 Å². The number of carbonyl (C=O) groups is 1. The van der Waals surface area contributed by atoms with E-state index in [-0.39, 0.29) is 0 Å². The Labute approximate surface area is 129 Å². The van der Waals surface area contributed by atoms with Crippen LogP contribution in [-0.2, 0) is 17.5 Å². The van der Waals surface area contributed by atoms with Gasteiger partial charge in [-0.2, -0.15) is 13.2 Å². The van der Waals surface area contributed by atoms with Crippen LogP contribution in [0.5, 0.6) is 5.75 Å². The van der Waals surface area contributed by atoms with E-state index in [4.69, 9.17) is 4.74 Å². The monoisotopic (exact) mass is 326 g/mol. The minimum absolute atomic E-state index is 0.361. The number of aromatic nitrogens is 1. The predicted molar refractivity (Wildman–Crippen MR) is 77.3 cm³/mol. The highest BCUT2D eigenvalue weighted by molar-refractivity contribution is 5.92. The summed E-state index contributed by atoms with van der Waals surface area (Å²) in [7, 11) is 1.42. The molecule has 2 aromatic rings. The molecule has 0 bridgehead atoms. The summed E-state index contributed by atoms with van der Waals surface area (Å²) in [4.78, 5) is 23.6. The molecule has 5 nitrogen and oxygen atoms in total. The van der Waals surface area contributed by atoms with Gasteiger partial charge in [0.1, 0.15) is 12.3 Å². The molecule has 1 heterocycles. The molecule has 122 valence electrons. The molecule has 0 radical (unpaired) electrons. The Bertz CT molecular complexity index is 769. The molecule has 0 aliphatic carbocycles. The second-order valence-corrected chi connectivity index (χ2v) is 4.63. The highest BCUT2D eigenvalue weighted by Gasteiger charge is 2.31. The number of nitrogens with one attached hydrogen (secondary N) is 1. The molecule has 0 fully saturated rings. The van der Waals surface area contributed by atoms with E-state index in [0.717, 1.165) is 6.07 Å². The smallest absolute Gasteiger partial charge is 0.417 e. The van der Waals surface area contributed by atoms with Gasteiger partial charge in [0, 0.05) is 12.3 Å². The molecule has 0 aliphatic rings. The van der Waals surface area contributed by atoms with Gasteiger partial charge in [-0.05, 0) is 18.2 Å². The molecule has 0 unspecified atom stereocenters. The molecule has 2 rings (SSSR count). The maximum Gasteiger partial charge on any atom is 0.417 e. The highest BCUT2D eigenvalue weighted by Crippen LogP contribution is 2.28. The van der Waals surface area contributed by atoms with Gasteiger partial charge < -0.3 is 14.6 Å². The minimum atomic E-state index is -4.59. The molecule has 0 aliphatic heterocycles. The van der Waals surface area contributed by atoms with Crippen LogP contribution in [0.4, 0.5) is 18.9 Å². The minimum Gasteiger partial charge on any atom is -0.495 e. The van der Waals surface area contributed by atoms with E-state index in [1.165, 1.54) is 7.11 Å². The molecule has 1 amide bonds. The third kappa shape index (κ3) is 4.12. The molecule has 8 heteroatoms. The van der Waals surface area contributed by atoms with Gasteiger partial charge in [0.2, 0.25) is 5.91 Å². The molecule has 1 aromatic carbocycles. The normalized spacial score (nSPS) is 11.1. The molecule has 0 spiro atoms. The van der Waals surface area contributed by atoms with Crippen molar-refractivity contribution in [3.05, 3.63) is 58.5 Å². The van der Waals surface area contributed by atoms with Gasteiger partial charge in [0.05, 0.1) is 18.4 Å². The first kappa shape index (κ1) is 16.6. The maximum atomic E-state index is 12.7. The van der Waals surface area contributed by atoms with Crippen LogP contribution in [-0.4, -0.2) is 17.6 Å². The maximum absolute atomic E-state index is 12.7. The fraction of sp³-hybridized carbons (Fsp3) is 0.200. The van der Waals surface area contributed by atoms with Crippen molar-refractivity contribution in [1.29, 1.82) is 0 Å². The molecule has 23 heavy (non-hydrogen) atoms. The van der Waals surface area contributed by atoms with Crippen LogP contribution < -0.4 is 15.6 Å². The molecule has 0 saturated carbocycles. The molecule has 1 aromatic heterocycles. The van der Waals surface area contributed by atoms with Gasteiger partial charge in [-0.25, -0.2) is 0 Å². The number of ether oxygens (including phenoxy) is 1. The number of nitrogens with zero attached hydrogens (tertiary/aromatic N) is 1. The number of amides is 1. The number of hydrogen-bond acceptors (Lipinski definition) is 3. The van der Waals surface area contributed by atoms with Gasteiger partial charge >= 0.3 is 6.18 Å². The fourth-order valence-electron chi connectivity index (χ4n) is 1.91. The zero-order valence-electron chi connectivity index (χ0n) is 12.1. The lowest BCUT2D eigenvalue weighted by Crippen LogP contribution is -2.28. The first-order valence-electron chi connectivity index (χ1n) is 6.52. The van der Waals surface area contributed by atoms with Crippen molar-refractivity contribution in [3.8, 4) is 5.75 Å².